The predicted molar refractivity (Wildman–Crippen MR) is 94.5 cm³/mol. The Hall–Kier alpha value is -1.89. The van der Waals surface area contributed by atoms with Crippen LogP contribution in [0.1, 0.15) is 11.1 Å². The molecule has 0 unspecified atom stereocenters. The molecular formula is C17H12BrClN2O3. The van der Waals surface area contributed by atoms with Gasteiger partial charge in [0.15, 0.2) is 6.79 Å². The highest BCUT2D eigenvalue weighted by atomic mass is 79.9. The van der Waals surface area contributed by atoms with Crippen LogP contribution in [0.2, 0.25) is 5.02 Å². The maximum absolute atomic E-state index is 12.7. The van der Waals surface area contributed by atoms with Gasteiger partial charge in [-0.25, -0.2) is 4.98 Å². The van der Waals surface area contributed by atoms with E-state index in [4.69, 9.17) is 21.1 Å². The van der Waals surface area contributed by atoms with Crippen LogP contribution in [0, 0.1) is 0 Å². The van der Waals surface area contributed by atoms with E-state index in [0.29, 0.717) is 29.1 Å². The molecule has 3 aromatic rings. The lowest BCUT2D eigenvalue weighted by Gasteiger charge is -2.21. The maximum atomic E-state index is 12.7. The van der Waals surface area contributed by atoms with E-state index in [0.717, 1.165) is 21.3 Å². The Morgan fingerprint density at radius 3 is 3.04 bits per heavy atom. The van der Waals surface area contributed by atoms with Crippen LogP contribution in [-0.4, -0.2) is 16.3 Å². The molecule has 0 bridgehead atoms. The number of hydrogen-bond donors (Lipinski definition) is 0. The van der Waals surface area contributed by atoms with Crippen molar-refractivity contribution < 1.29 is 9.47 Å². The van der Waals surface area contributed by atoms with Crippen molar-refractivity contribution in [2.24, 2.45) is 0 Å². The van der Waals surface area contributed by atoms with Crippen molar-refractivity contribution in [3.05, 3.63) is 67.6 Å². The minimum atomic E-state index is -0.109. The normalized spacial score (nSPS) is 13.6. The monoisotopic (exact) mass is 406 g/mol. The van der Waals surface area contributed by atoms with Gasteiger partial charge in [0.2, 0.25) is 0 Å². The number of ether oxygens (including phenoxy) is 2. The van der Waals surface area contributed by atoms with Crippen LogP contribution in [0.3, 0.4) is 0 Å². The molecule has 24 heavy (non-hydrogen) atoms. The highest BCUT2D eigenvalue weighted by Crippen LogP contribution is 2.32. The third kappa shape index (κ3) is 2.81. The van der Waals surface area contributed by atoms with Gasteiger partial charge < -0.3 is 9.47 Å². The van der Waals surface area contributed by atoms with Crippen molar-refractivity contribution in [2.45, 2.75) is 13.2 Å². The van der Waals surface area contributed by atoms with E-state index < -0.39 is 0 Å². The lowest BCUT2D eigenvalue weighted by molar-refractivity contribution is -0.0170. The molecule has 7 heteroatoms. The Labute approximate surface area is 150 Å². The van der Waals surface area contributed by atoms with Crippen LogP contribution >= 0.6 is 27.5 Å². The maximum Gasteiger partial charge on any atom is 0.261 e. The molecule has 0 fully saturated rings. The second-order valence-corrected chi connectivity index (χ2v) is 6.86. The van der Waals surface area contributed by atoms with Gasteiger partial charge in [-0.05, 0) is 30.3 Å². The molecular weight excluding hydrogens is 396 g/mol. The van der Waals surface area contributed by atoms with Gasteiger partial charge in [-0.2, -0.15) is 0 Å². The number of rotatable bonds is 2. The zero-order valence-corrected chi connectivity index (χ0v) is 14.8. The molecule has 1 aliphatic rings. The van der Waals surface area contributed by atoms with E-state index in [-0.39, 0.29) is 12.4 Å². The second kappa shape index (κ2) is 6.20. The summed E-state index contributed by atoms with van der Waals surface area (Å²) >= 11 is 9.57. The number of aromatic nitrogens is 2. The zero-order chi connectivity index (χ0) is 16.7. The number of nitrogens with zero attached hydrogens (tertiary/aromatic N) is 2. The van der Waals surface area contributed by atoms with Crippen molar-refractivity contribution in [2.75, 3.05) is 6.79 Å². The molecule has 5 nitrogen and oxygen atoms in total. The summed E-state index contributed by atoms with van der Waals surface area (Å²) in [5.41, 5.74) is 2.27. The van der Waals surface area contributed by atoms with Crippen LogP contribution in [0.5, 0.6) is 5.75 Å². The van der Waals surface area contributed by atoms with Crippen molar-refractivity contribution in [1.82, 2.24) is 9.55 Å². The molecule has 0 amide bonds. The summed E-state index contributed by atoms with van der Waals surface area (Å²) in [4.78, 5) is 17.1. The smallest absolute Gasteiger partial charge is 0.261 e. The van der Waals surface area contributed by atoms with Crippen LogP contribution < -0.4 is 10.3 Å². The number of hydrogen-bond acceptors (Lipinski definition) is 4. The standard InChI is InChI=1S/C17H12BrClN2O3/c18-12-1-2-15-14(5-12)17(22)21(8-20-15)6-10-3-13(19)4-11-7-23-9-24-16(10)11/h1-5,8H,6-7,9H2. The fourth-order valence-electron chi connectivity index (χ4n) is 2.80. The third-order valence-electron chi connectivity index (χ3n) is 3.88. The van der Waals surface area contributed by atoms with Crippen molar-refractivity contribution in [3.63, 3.8) is 0 Å². The molecule has 2 aromatic carbocycles. The molecule has 0 saturated carbocycles. The van der Waals surface area contributed by atoms with Gasteiger partial charge in [-0.3, -0.25) is 9.36 Å². The van der Waals surface area contributed by atoms with Crippen LogP contribution in [0.25, 0.3) is 10.9 Å². The van der Waals surface area contributed by atoms with Gasteiger partial charge in [0.25, 0.3) is 5.56 Å². The lowest BCUT2D eigenvalue weighted by Crippen LogP contribution is -2.22. The second-order valence-electron chi connectivity index (χ2n) is 5.50. The Morgan fingerprint density at radius 2 is 2.17 bits per heavy atom. The highest BCUT2D eigenvalue weighted by molar-refractivity contribution is 9.10. The van der Waals surface area contributed by atoms with Crippen molar-refractivity contribution in [3.8, 4) is 5.75 Å². The van der Waals surface area contributed by atoms with E-state index in [1.807, 2.05) is 24.3 Å². The summed E-state index contributed by atoms with van der Waals surface area (Å²) in [6.07, 6.45) is 1.55. The first-order valence-corrected chi connectivity index (χ1v) is 8.45. The Morgan fingerprint density at radius 1 is 1.29 bits per heavy atom. The first-order valence-electron chi connectivity index (χ1n) is 7.28. The van der Waals surface area contributed by atoms with E-state index in [2.05, 4.69) is 20.9 Å². The van der Waals surface area contributed by atoms with Gasteiger partial charge in [0.05, 0.1) is 30.4 Å². The molecule has 0 spiro atoms. The van der Waals surface area contributed by atoms with Gasteiger partial charge in [-0.1, -0.05) is 27.5 Å². The van der Waals surface area contributed by atoms with Crippen molar-refractivity contribution >= 4 is 38.4 Å². The van der Waals surface area contributed by atoms with Gasteiger partial charge in [0.1, 0.15) is 5.75 Å². The Bertz CT molecular complexity index is 1000. The molecule has 0 N–H and O–H groups in total. The summed E-state index contributed by atoms with van der Waals surface area (Å²) in [6.45, 7) is 0.970. The largest absolute Gasteiger partial charge is 0.467 e. The molecule has 0 saturated heterocycles. The van der Waals surface area contributed by atoms with Gasteiger partial charge >= 0.3 is 0 Å². The average Bonchev–Trinajstić information content (AvgIpc) is 2.57. The summed E-state index contributed by atoms with van der Waals surface area (Å²) < 4.78 is 13.3. The highest BCUT2D eigenvalue weighted by Gasteiger charge is 2.17. The first-order chi connectivity index (χ1) is 11.6. The SMILES string of the molecule is O=c1c2cc(Br)ccc2ncn1Cc1cc(Cl)cc2c1OCOC2. The summed E-state index contributed by atoms with van der Waals surface area (Å²) in [6, 6.07) is 9.08. The summed E-state index contributed by atoms with van der Waals surface area (Å²) in [5.74, 6) is 0.729. The fourth-order valence-corrected chi connectivity index (χ4v) is 3.43. The first kappa shape index (κ1) is 15.6. The van der Waals surface area contributed by atoms with E-state index in [1.54, 1.807) is 17.0 Å². The summed E-state index contributed by atoms with van der Waals surface area (Å²) in [5, 5.41) is 1.15. The lowest BCUT2D eigenvalue weighted by atomic mass is 10.1. The van der Waals surface area contributed by atoms with Crippen molar-refractivity contribution in [1.29, 1.82) is 0 Å². The van der Waals surface area contributed by atoms with Crippen LogP contribution in [-0.2, 0) is 17.9 Å². The number of benzene rings is 2. The fraction of sp³-hybridized carbons (Fsp3) is 0.176. The molecule has 122 valence electrons. The summed E-state index contributed by atoms with van der Waals surface area (Å²) in [7, 11) is 0. The molecule has 1 aliphatic heterocycles. The molecule has 0 atom stereocenters. The third-order valence-corrected chi connectivity index (χ3v) is 4.59. The molecule has 1 aromatic heterocycles. The minimum Gasteiger partial charge on any atom is -0.467 e. The Kier molecular flexibility index (Phi) is 4.04. The van der Waals surface area contributed by atoms with E-state index >= 15 is 0 Å². The number of fused-ring (bicyclic) bond motifs is 2. The zero-order valence-electron chi connectivity index (χ0n) is 12.5. The van der Waals surface area contributed by atoms with Gasteiger partial charge in [0, 0.05) is 20.6 Å². The topological polar surface area (TPSA) is 53.4 Å². The van der Waals surface area contributed by atoms with Gasteiger partial charge in [-0.15, -0.1) is 0 Å². The van der Waals surface area contributed by atoms with Crippen LogP contribution in [0.4, 0.5) is 0 Å². The van der Waals surface area contributed by atoms with E-state index in [1.165, 1.54) is 0 Å². The molecule has 2 heterocycles. The Balaban J connectivity index is 1.82. The van der Waals surface area contributed by atoms with E-state index in [9.17, 15) is 4.79 Å². The molecule has 4 rings (SSSR count). The minimum absolute atomic E-state index is 0.109. The van der Waals surface area contributed by atoms with Crippen LogP contribution in [0.15, 0.2) is 45.9 Å². The molecule has 0 radical (unpaired) electrons. The average molecular weight is 408 g/mol. The molecule has 0 aliphatic carbocycles. The number of halogens is 2. The predicted octanol–water partition coefficient (Wildman–Crippen LogP) is 3.73. The quantitative estimate of drug-likeness (QED) is 0.649.